The van der Waals surface area contributed by atoms with Gasteiger partial charge in [-0.05, 0) is 25.5 Å². The third kappa shape index (κ3) is 6.16. The molecule has 184 valence electrons. The van der Waals surface area contributed by atoms with Crippen molar-refractivity contribution in [3.05, 3.63) is 69.3 Å². The molecule has 0 aliphatic heterocycles. The van der Waals surface area contributed by atoms with Crippen molar-refractivity contribution in [2.24, 2.45) is 0 Å². The van der Waals surface area contributed by atoms with Crippen molar-refractivity contribution < 1.29 is 22.5 Å². The van der Waals surface area contributed by atoms with Gasteiger partial charge in [-0.1, -0.05) is 28.9 Å². The Bertz CT molecular complexity index is 1410. The van der Waals surface area contributed by atoms with Crippen LogP contribution in [0.2, 0.25) is 5.02 Å². The average Bonchev–Trinajstić information content (AvgIpc) is 3.42. The van der Waals surface area contributed by atoms with Gasteiger partial charge >= 0.3 is 6.18 Å². The first-order chi connectivity index (χ1) is 16.6. The zero-order valence-electron chi connectivity index (χ0n) is 18.7. The lowest BCUT2D eigenvalue weighted by atomic mass is 10.1. The van der Waals surface area contributed by atoms with Crippen LogP contribution in [0.1, 0.15) is 36.5 Å². The Morgan fingerprint density at radius 1 is 1.14 bits per heavy atom. The maximum Gasteiger partial charge on any atom is 0.389 e. The van der Waals surface area contributed by atoms with E-state index < -0.39 is 18.2 Å². The van der Waals surface area contributed by atoms with Crippen molar-refractivity contribution >= 4 is 23.2 Å². The van der Waals surface area contributed by atoms with E-state index in [0.29, 0.717) is 28.0 Å². The highest BCUT2D eigenvalue weighted by Crippen LogP contribution is 2.23. The summed E-state index contributed by atoms with van der Waals surface area (Å²) in [6, 6.07) is 6.80. The number of alkyl halides is 3. The van der Waals surface area contributed by atoms with Gasteiger partial charge in [0.25, 0.3) is 5.56 Å². The number of aryl methyl sites for hydroxylation is 3. The van der Waals surface area contributed by atoms with E-state index in [0.717, 1.165) is 0 Å². The first-order valence-electron chi connectivity index (χ1n) is 10.8. The Kier molecular flexibility index (Phi) is 7.06. The van der Waals surface area contributed by atoms with Gasteiger partial charge < -0.3 is 9.09 Å². The minimum absolute atomic E-state index is 0.0250. The van der Waals surface area contributed by atoms with Crippen LogP contribution in [0.5, 0.6) is 0 Å². The van der Waals surface area contributed by atoms with E-state index in [9.17, 15) is 22.8 Å². The maximum atomic E-state index is 13.1. The van der Waals surface area contributed by atoms with E-state index in [-0.39, 0.29) is 49.4 Å². The van der Waals surface area contributed by atoms with Gasteiger partial charge in [-0.25, -0.2) is 4.98 Å². The summed E-state index contributed by atoms with van der Waals surface area (Å²) >= 11 is 5.94. The number of rotatable bonds is 9. The minimum atomic E-state index is -4.30. The number of carbonyl (C=O) groups excluding carboxylic acids is 1. The summed E-state index contributed by atoms with van der Waals surface area (Å²) in [4.78, 5) is 34.2. The largest absolute Gasteiger partial charge is 0.389 e. The second kappa shape index (κ2) is 10.0. The van der Waals surface area contributed by atoms with Crippen LogP contribution in [-0.4, -0.2) is 36.1 Å². The van der Waals surface area contributed by atoms with Crippen LogP contribution < -0.4 is 5.56 Å². The molecule has 0 atom stereocenters. The molecule has 0 saturated heterocycles. The Hall–Kier alpha value is -3.47. The van der Waals surface area contributed by atoms with Crippen LogP contribution in [-0.2, 0) is 24.2 Å². The summed E-state index contributed by atoms with van der Waals surface area (Å²) in [6.07, 6.45) is -2.43. The number of hydrogen-bond donors (Lipinski definition) is 0. The normalized spacial score (nSPS) is 11.9. The SMILES string of the molecule is Cc1noc(CCC(=O)Cc2cn(CCCC(F)(F)F)c3nc(-c4ccc(Cl)cc4)cn3c2=O)n1. The molecule has 0 amide bonds. The van der Waals surface area contributed by atoms with E-state index >= 15 is 0 Å². The van der Waals surface area contributed by atoms with Crippen molar-refractivity contribution in [2.45, 2.75) is 51.7 Å². The van der Waals surface area contributed by atoms with Crippen LogP contribution in [0.15, 0.2) is 46.0 Å². The maximum absolute atomic E-state index is 13.1. The number of nitrogens with zero attached hydrogens (tertiary/aromatic N) is 5. The van der Waals surface area contributed by atoms with E-state index in [4.69, 9.17) is 16.1 Å². The number of benzene rings is 1. The molecule has 35 heavy (non-hydrogen) atoms. The number of Topliss-reactive ketones (excluding diaryl/α,β-unsaturated/α-hetero) is 1. The van der Waals surface area contributed by atoms with Crippen LogP contribution in [0.3, 0.4) is 0 Å². The van der Waals surface area contributed by atoms with Gasteiger partial charge in [0.2, 0.25) is 11.7 Å². The Balaban J connectivity index is 1.64. The quantitative estimate of drug-likeness (QED) is 0.329. The van der Waals surface area contributed by atoms with Crippen LogP contribution in [0.4, 0.5) is 13.2 Å². The van der Waals surface area contributed by atoms with Gasteiger partial charge in [-0.2, -0.15) is 18.2 Å². The molecule has 1 aromatic carbocycles. The average molecular weight is 508 g/mol. The number of carbonyl (C=O) groups is 1. The molecule has 4 rings (SSSR count). The number of imidazole rings is 1. The van der Waals surface area contributed by atoms with Crippen molar-refractivity contribution in [2.75, 3.05) is 0 Å². The molecule has 3 aromatic heterocycles. The van der Waals surface area contributed by atoms with Gasteiger partial charge in [0.1, 0.15) is 5.78 Å². The van der Waals surface area contributed by atoms with Gasteiger partial charge in [-0.15, -0.1) is 0 Å². The van der Waals surface area contributed by atoms with Crippen molar-refractivity contribution in [3.8, 4) is 11.3 Å². The standard InChI is InChI=1S/C23H21ClF3N5O3/c1-14-28-20(35-30-14)8-7-18(33)11-16-12-31(10-2-9-23(25,26)27)22-29-19(13-32(22)21(16)34)15-3-5-17(24)6-4-15/h3-6,12-13H,2,7-11H2,1H3. The van der Waals surface area contributed by atoms with E-state index in [1.165, 1.54) is 21.4 Å². The lowest BCUT2D eigenvalue weighted by molar-refractivity contribution is -0.135. The van der Waals surface area contributed by atoms with Gasteiger partial charge in [0.15, 0.2) is 5.82 Å². The van der Waals surface area contributed by atoms with Gasteiger partial charge in [0, 0.05) is 60.8 Å². The Labute approximate surface area is 202 Å². The van der Waals surface area contributed by atoms with Crippen LogP contribution in [0.25, 0.3) is 17.0 Å². The summed E-state index contributed by atoms with van der Waals surface area (Å²) in [5.41, 5.74) is 0.850. The number of ketones is 1. The molecule has 0 unspecified atom stereocenters. The molecule has 0 bridgehead atoms. The molecule has 3 heterocycles. The number of fused-ring (bicyclic) bond motifs is 1. The zero-order chi connectivity index (χ0) is 25.2. The first-order valence-corrected chi connectivity index (χ1v) is 11.2. The number of halogens is 4. The predicted molar refractivity (Wildman–Crippen MR) is 121 cm³/mol. The van der Waals surface area contributed by atoms with Crippen molar-refractivity contribution in [1.29, 1.82) is 0 Å². The third-order valence-electron chi connectivity index (χ3n) is 5.32. The fourth-order valence-corrected chi connectivity index (χ4v) is 3.79. The van der Waals surface area contributed by atoms with Crippen LogP contribution in [0, 0.1) is 6.92 Å². The molecule has 8 nitrogen and oxygen atoms in total. The lowest BCUT2D eigenvalue weighted by Gasteiger charge is -2.12. The molecule has 0 radical (unpaired) electrons. The van der Waals surface area contributed by atoms with E-state index in [1.807, 2.05) is 0 Å². The van der Waals surface area contributed by atoms with Gasteiger partial charge in [0.05, 0.1) is 5.69 Å². The second-order valence-corrected chi connectivity index (χ2v) is 8.56. The summed E-state index contributed by atoms with van der Waals surface area (Å²) in [6.45, 7) is 1.64. The molecule has 0 aliphatic rings. The molecular weight excluding hydrogens is 487 g/mol. The summed E-state index contributed by atoms with van der Waals surface area (Å²) in [7, 11) is 0. The highest BCUT2D eigenvalue weighted by atomic mass is 35.5. The second-order valence-electron chi connectivity index (χ2n) is 8.13. The van der Waals surface area contributed by atoms with Gasteiger partial charge in [-0.3, -0.25) is 14.0 Å². The predicted octanol–water partition coefficient (Wildman–Crippen LogP) is 4.59. The highest BCUT2D eigenvalue weighted by molar-refractivity contribution is 6.30. The summed E-state index contributed by atoms with van der Waals surface area (Å²) in [5.74, 6) is 0.728. The molecule has 4 aromatic rings. The third-order valence-corrected chi connectivity index (χ3v) is 5.58. The molecule has 0 fully saturated rings. The fraction of sp³-hybridized carbons (Fsp3) is 0.348. The van der Waals surface area contributed by atoms with Crippen LogP contribution >= 0.6 is 11.6 Å². The molecule has 12 heteroatoms. The molecule has 0 N–H and O–H groups in total. The highest BCUT2D eigenvalue weighted by Gasteiger charge is 2.26. The summed E-state index contributed by atoms with van der Waals surface area (Å²) < 4.78 is 45.9. The van der Waals surface area contributed by atoms with Crippen molar-refractivity contribution in [3.63, 3.8) is 0 Å². The monoisotopic (exact) mass is 507 g/mol. The summed E-state index contributed by atoms with van der Waals surface area (Å²) in [5, 5.41) is 4.20. The smallest absolute Gasteiger partial charge is 0.339 e. The molecule has 0 aliphatic carbocycles. The number of aromatic nitrogens is 5. The van der Waals surface area contributed by atoms with E-state index in [2.05, 4.69) is 15.1 Å². The number of hydrogen-bond acceptors (Lipinski definition) is 6. The Morgan fingerprint density at radius 3 is 2.54 bits per heavy atom. The first kappa shape index (κ1) is 24.6. The molecular formula is C23H21ClF3N5O3. The minimum Gasteiger partial charge on any atom is -0.339 e. The zero-order valence-corrected chi connectivity index (χ0v) is 19.4. The molecule has 0 spiro atoms. The fourth-order valence-electron chi connectivity index (χ4n) is 3.66. The molecule has 0 saturated carbocycles. The topological polar surface area (TPSA) is 95.3 Å². The lowest BCUT2D eigenvalue weighted by Crippen LogP contribution is -2.24. The van der Waals surface area contributed by atoms with Crippen molar-refractivity contribution in [1.82, 2.24) is 24.1 Å². The Morgan fingerprint density at radius 2 is 1.89 bits per heavy atom. The van der Waals surface area contributed by atoms with E-state index in [1.54, 1.807) is 31.2 Å².